The van der Waals surface area contributed by atoms with Crippen LogP contribution in [0.4, 0.5) is 28.6 Å². The molecule has 24 nitrogen and oxygen atoms in total. The maximum Gasteiger partial charge on any atom is 0.263 e. The number of anilines is 5. The predicted molar refractivity (Wildman–Crippen MR) is 414 cm³/mol. The molecule has 3 amide bonds. The highest BCUT2D eigenvalue weighted by Gasteiger charge is 2.24. The third-order valence-corrected chi connectivity index (χ3v) is 21.8. The van der Waals surface area contributed by atoms with Gasteiger partial charge in [-0.1, -0.05) is 78.4 Å². The summed E-state index contributed by atoms with van der Waals surface area (Å²) in [6.07, 6.45) is 16.2. The number of aryl methyl sites for hydroxylation is 2. The molecule has 8 aromatic carbocycles. The number of hydrogen-bond acceptors (Lipinski definition) is 22. The van der Waals surface area contributed by atoms with Gasteiger partial charge < -0.3 is 20.9 Å². The smallest absolute Gasteiger partial charge is 0.263 e. The molecule has 0 aliphatic carbocycles. The average molecular weight is 1500 g/mol. The lowest BCUT2D eigenvalue weighted by Crippen LogP contribution is -2.16. The van der Waals surface area contributed by atoms with Gasteiger partial charge in [0.25, 0.3) is 27.7 Å². The monoisotopic (exact) mass is 1500 g/mol. The zero-order valence-electron chi connectivity index (χ0n) is 57.1. The summed E-state index contributed by atoms with van der Waals surface area (Å²) in [7, 11) is -4.12. The number of carbonyl (C=O) groups excluding carboxylic acids is 3. The van der Waals surface area contributed by atoms with Gasteiger partial charge in [-0.25, -0.2) is 51.7 Å². The maximum absolute atomic E-state index is 13.5. The first-order valence-electron chi connectivity index (χ1n) is 32.5. The Morgan fingerprint density at radius 3 is 1.64 bits per heavy atom. The van der Waals surface area contributed by atoms with Crippen molar-refractivity contribution in [3.63, 3.8) is 0 Å². The van der Waals surface area contributed by atoms with Gasteiger partial charge in [-0.15, -0.1) is 35.3 Å². The van der Waals surface area contributed by atoms with Gasteiger partial charge in [-0.05, 0) is 152 Å². The standard InChI is InChI=1S/C27H26N4O3S2.C26H20N6O3S2.C24H19N7OS/c1-19-7-10-23(11-8-19)36(33,34)25-16-22(9-12-24(25)31(2)3)30-27(32)21-6-4-5-20(15-21)18-35-26-17-28-13-14-29-26;33-26(19-5-3-4-18(14-19)17-36-25-16-27-12-13-28-25)30-20-8-10-21(11-9-20)37(34,35)32-24-15-29-22-6-1-2-7-23(22)31-24;1-15-25-9-8-21(29-15)17-5-3-7-19(11-17)30-23(32)18-6-2-4-16(10-18)13-33-24-20-12-28-31-22(20)26-14-27-24/h4-17H,18H2,1-3H3,(H,30,32);1-16H,17H2,(H,30,33)(H,31,32);2-12,14H,13H2,1H3,(H,30,32)(H,26,27,28,31). The number of nitrogens with zero attached hydrogens (tertiary/aromatic N) is 12. The number of benzene rings is 8. The van der Waals surface area contributed by atoms with Crippen LogP contribution in [0, 0.1) is 13.8 Å². The van der Waals surface area contributed by atoms with Gasteiger partial charge in [-0.3, -0.25) is 39.2 Å². The molecule has 5 N–H and O–H groups in total. The molecule has 14 aromatic rings. The Morgan fingerprint density at radius 2 is 1.05 bits per heavy atom. The van der Waals surface area contributed by atoms with Crippen molar-refractivity contribution in [3.8, 4) is 11.3 Å². The summed E-state index contributed by atoms with van der Waals surface area (Å²) in [5, 5.41) is 18.8. The first kappa shape index (κ1) is 73.6. The third-order valence-electron chi connectivity index (χ3n) is 15.6. The number of amides is 3. The van der Waals surface area contributed by atoms with E-state index in [0.717, 1.165) is 54.0 Å². The number of H-pyrrole nitrogens is 1. The van der Waals surface area contributed by atoms with Crippen LogP contribution in [-0.2, 0) is 37.1 Å². The molecule has 0 aliphatic rings. The van der Waals surface area contributed by atoms with Crippen LogP contribution in [0.15, 0.2) is 286 Å². The SMILES string of the molecule is Cc1ccc(S(=O)(=O)c2cc(NC(=O)c3cccc(CSc4cnccn4)c3)ccc2N(C)C)cc1.Cc1nccc(-c2cccc(NC(=O)c3cccc(CSc4ncnc5[nH]ncc45)c3)c2)n1.O=C(Nc1ccc(S(=O)(=O)Nc2cnc3ccccc3n2)cc1)c1cccc(CSc2cnccn2)c1. The quantitative estimate of drug-likeness (QED) is 0.0311. The first-order valence-corrected chi connectivity index (χ1v) is 38.4. The number of fused-ring (bicyclic) bond motifs is 2. The third kappa shape index (κ3) is 19.6. The highest BCUT2D eigenvalue weighted by molar-refractivity contribution is 7.99. The lowest BCUT2D eigenvalue weighted by molar-refractivity contribution is 0.101. The van der Waals surface area contributed by atoms with Crippen molar-refractivity contribution >= 4 is 124 Å². The van der Waals surface area contributed by atoms with E-state index in [0.29, 0.717) is 79.2 Å². The number of thioether (sulfide) groups is 3. The summed E-state index contributed by atoms with van der Waals surface area (Å²) < 4.78 is 55.0. The fourth-order valence-corrected chi connectivity index (χ4v) is 15.4. The summed E-state index contributed by atoms with van der Waals surface area (Å²) in [6.45, 7) is 3.75. The van der Waals surface area contributed by atoms with Gasteiger partial charge in [0.2, 0.25) is 9.84 Å². The number of hydrogen-bond donors (Lipinski definition) is 5. The molecule has 0 saturated carbocycles. The molecule has 14 rings (SSSR count). The van der Waals surface area contributed by atoms with Gasteiger partial charge in [0.15, 0.2) is 11.5 Å². The molecule has 29 heteroatoms. The molecule has 6 heterocycles. The van der Waals surface area contributed by atoms with Crippen LogP contribution >= 0.6 is 35.3 Å². The van der Waals surface area contributed by atoms with E-state index in [1.54, 1.807) is 153 Å². The molecule has 0 unspecified atom stereocenters. The summed E-state index contributed by atoms with van der Waals surface area (Å²) in [4.78, 5) is 83.0. The van der Waals surface area contributed by atoms with Crippen LogP contribution in [0.2, 0.25) is 0 Å². The molecule has 0 bridgehead atoms. The summed E-state index contributed by atoms with van der Waals surface area (Å²) in [5.41, 5.74) is 11.3. The second-order valence-corrected chi connectivity index (χ2v) is 30.1. The fraction of sp³-hybridized carbons (Fsp3) is 0.0909. The molecular weight excluding hydrogens is 1440 g/mol. The molecule has 0 spiro atoms. The Bertz CT molecular complexity index is 5700. The van der Waals surface area contributed by atoms with Gasteiger partial charge in [0.05, 0.1) is 67.3 Å². The topological polar surface area (TPSA) is 328 Å². The minimum atomic E-state index is -3.89. The van der Waals surface area contributed by atoms with Crippen molar-refractivity contribution in [1.29, 1.82) is 0 Å². The van der Waals surface area contributed by atoms with E-state index >= 15 is 0 Å². The van der Waals surface area contributed by atoms with Crippen LogP contribution in [0.5, 0.6) is 0 Å². The molecular formula is C77H65N17O7S5. The van der Waals surface area contributed by atoms with E-state index in [1.807, 2.05) is 105 Å². The van der Waals surface area contributed by atoms with E-state index in [1.165, 1.54) is 66.4 Å². The molecule has 530 valence electrons. The molecule has 0 aliphatic heterocycles. The number of sulfone groups is 1. The summed E-state index contributed by atoms with van der Waals surface area (Å²) in [6, 6.07) is 56.4. The number of rotatable bonds is 22. The van der Waals surface area contributed by atoms with Gasteiger partial charge in [0, 0.05) is 102 Å². The minimum Gasteiger partial charge on any atom is -0.377 e. The zero-order chi connectivity index (χ0) is 74.0. The van der Waals surface area contributed by atoms with Crippen molar-refractivity contribution in [2.75, 3.05) is 39.7 Å². The van der Waals surface area contributed by atoms with E-state index in [4.69, 9.17) is 0 Å². The Labute approximate surface area is 623 Å². The van der Waals surface area contributed by atoms with E-state index in [2.05, 4.69) is 80.7 Å². The van der Waals surface area contributed by atoms with Crippen LogP contribution in [0.1, 0.15) is 59.2 Å². The normalized spacial score (nSPS) is 11.1. The lowest BCUT2D eigenvalue weighted by atomic mass is 10.1. The molecule has 106 heavy (non-hydrogen) atoms. The van der Waals surface area contributed by atoms with Crippen LogP contribution < -0.4 is 25.6 Å². The molecule has 6 aromatic heterocycles. The number of carbonyl (C=O) groups is 3. The Balaban J connectivity index is 0.000000149. The largest absolute Gasteiger partial charge is 0.377 e. The molecule has 0 fully saturated rings. The Morgan fingerprint density at radius 1 is 0.481 bits per heavy atom. The zero-order valence-corrected chi connectivity index (χ0v) is 61.2. The van der Waals surface area contributed by atoms with Crippen LogP contribution in [-0.4, -0.2) is 109 Å². The van der Waals surface area contributed by atoms with E-state index in [9.17, 15) is 31.2 Å². The predicted octanol–water partition coefficient (Wildman–Crippen LogP) is 14.7. The van der Waals surface area contributed by atoms with Crippen molar-refractivity contribution in [2.24, 2.45) is 0 Å². The number of aromatic nitrogens is 12. The fourth-order valence-electron chi connectivity index (χ4n) is 10.4. The highest BCUT2D eigenvalue weighted by atomic mass is 32.2. The van der Waals surface area contributed by atoms with E-state index < -0.39 is 19.9 Å². The van der Waals surface area contributed by atoms with Crippen molar-refractivity contribution in [3.05, 3.63) is 301 Å². The van der Waals surface area contributed by atoms with Gasteiger partial charge in [0.1, 0.15) is 27.2 Å². The number of nitrogens with one attached hydrogen (secondary N) is 5. The Hall–Kier alpha value is -12.2. The second kappa shape index (κ2) is 34.4. The second-order valence-electron chi connectivity index (χ2n) is 23.6. The summed E-state index contributed by atoms with van der Waals surface area (Å²) in [5.74, 6) is 1.97. The van der Waals surface area contributed by atoms with Gasteiger partial charge in [-0.2, -0.15) is 5.10 Å². The lowest BCUT2D eigenvalue weighted by Gasteiger charge is -2.19. The minimum absolute atomic E-state index is 0.0310. The van der Waals surface area contributed by atoms with Gasteiger partial charge >= 0.3 is 0 Å². The number of aromatic amines is 1. The average Bonchev–Trinajstić information content (AvgIpc) is 0.916. The highest BCUT2D eigenvalue weighted by Crippen LogP contribution is 2.34. The molecule has 0 saturated heterocycles. The number of para-hydroxylation sites is 2. The molecule has 0 radical (unpaired) electrons. The van der Waals surface area contributed by atoms with Crippen molar-refractivity contribution < 1.29 is 31.2 Å². The van der Waals surface area contributed by atoms with Crippen LogP contribution in [0.3, 0.4) is 0 Å². The maximum atomic E-state index is 13.5. The van der Waals surface area contributed by atoms with Crippen molar-refractivity contribution in [2.45, 2.75) is 60.9 Å². The van der Waals surface area contributed by atoms with Crippen LogP contribution in [0.25, 0.3) is 33.3 Å². The summed E-state index contributed by atoms with van der Waals surface area (Å²) >= 11 is 4.63. The number of sulfonamides is 1. The first-order chi connectivity index (χ1) is 51.3. The van der Waals surface area contributed by atoms with Crippen molar-refractivity contribution in [1.82, 2.24) is 60.0 Å². The van der Waals surface area contributed by atoms with E-state index in [-0.39, 0.29) is 38.2 Å². The molecule has 0 atom stereocenters. The Kier molecular flexibility index (Phi) is 23.9.